The van der Waals surface area contributed by atoms with E-state index < -0.39 is 0 Å². The van der Waals surface area contributed by atoms with E-state index in [1.807, 2.05) is 12.1 Å². The normalized spacial score (nSPS) is 10.7. The molecule has 5 nitrogen and oxygen atoms in total. The maximum atomic E-state index is 13.3. The number of rotatable bonds is 7. The summed E-state index contributed by atoms with van der Waals surface area (Å²) in [6.45, 7) is 1.82. The Morgan fingerprint density at radius 2 is 1.81 bits per heavy atom. The van der Waals surface area contributed by atoms with E-state index in [9.17, 15) is 9.18 Å². The van der Waals surface area contributed by atoms with Crippen LogP contribution in [0.3, 0.4) is 0 Å². The smallest absolute Gasteiger partial charge is 0.302 e. The van der Waals surface area contributed by atoms with Gasteiger partial charge in [-0.1, -0.05) is 0 Å². The first-order valence-corrected chi connectivity index (χ1v) is 8.52. The molecular formula is C20H20FN3O2. The van der Waals surface area contributed by atoms with Gasteiger partial charge in [0.1, 0.15) is 11.6 Å². The van der Waals surface area contributed by atoms with E-state index in [1.54, 1.807) is 24.5 Å². The Bertz CT molecular complexity index is 861. The second-order valence-electron chi connectivity index (χ2n) is 5.95. The first-order valence-electron chi connectivity index (χ1n) is 8.52. The molecule has 0 aliphatic carbocycles. The second-order valence-corrected chi connectivity index (χ2v) is 5.95. The number of carbonyl (C=O) groups is 1. The van der Waals surface area contributed by atoms with Crippen LogP contribution in [-0.4, -0.2) is 27.5 Å². The molecule has 0 aliphatic rings. The van der Waals surface area contributed by atoms with Crippen LogP contribution >= 0.6 is 0 Å². The summed E-state index contributed by atoms with van der Waals surface area (Å²) >= 11 is 0. The standard InChI is InChI=1S/C20H20FN3O2/c1-14(25)26-13-3-2-4-18-23-19(15-5-7-17(21)8-6-15)20(24-18)16-9-11-22-12-10-16/h5-12H,2-4,13H2,1H3,(H,23,24). The quantitative estimate of drug-likeness (QED) is 0.511. The number of carbonyl (C=O) groups excluding carboxylic acids is 1. The zero-order chi connectivity index (χ0) is 18.4. The zero-order valence-corrected chi connectivity index (χ0v) is 14.5. The molecule has 0 amide bonds. The van der Waals surface area contributed by atoms with Crippen LogP contribution in [0.4, 0.5) is 4.39 Å². The van der Waals surface area contributed by atoms with Crippen LogP contribution in [0.15, 0.2) is 48.8 Å². The highest BCUT2D eigenvalue weighted by Gasteiger charge is 2.14. The van der Waals surface area contributed by atoms with Gasteiger partial charge >= 0.3 is 5.97 Å². The number of halogens is 1. The van der Waals surface area contributed by atoms with Crippen LogP contribution in [0, 0.1) is 5.82 Å². The molecule has 1 aromatic carbocycles. The van der Waals surface area contributed by atoms with Crippen molar-refractivity contribution < 1.29 is 13.9 Å². The lowest BCUT2D eigenvalue weighted by Crippen LogP contribution is -2.01. The third-order valence-corrected chi connectivity index (χ3v) is 3.95. The average Bonchev–Trinajstić information content (AvgIpc) is 3.07. The molecule has 2 aromatic heterocycles. The highest BCUT2D eigenvalue weighted by Crippen LogP contribution is 2.30. The third-order valence-electron chi connectivity index (χ3n) is 3.95. The molecule has 0 aliphatic heterocycles. The molecule has 2 heterocycles. The molecule has 1 N–H and O–H groups in total. The molecule has 0 spiro atoms. The summed E-state index contributed by atoms with van der Waals surface area (Å²) in [5.41, 5.74) is 3.48. The number of hydrogen-bond acceptors (Lipinski definition) is 4. The van der Waals surface area contributed by atoms with Crippen LogP contribution in [-0.2, 0) is 16.0 Å². The zero-order valence-electron chi connectivity index (χ0n) is 14.5. The van der Waals surface area contributed by atoms with E-state index in [1.165, 1.54) is 19.1 Å². The van der Waals surface area contributed by atoms with Gasteiger partial charge in [0.2, 0.25) is 0 Å². The van der Waals surface area contributed by atoms with Gasteiger partial charge in [-0.3, -0.25) is 9.78 Å². The van der Waals surface area contributed by atoms with Gasteiger partial charge < -0.3 is 9.72 Å². The molecule has 3 aromatic rings. The van der Waals surface area contributed by atoms with Crippen LogP contribution < -0.4 is 0 Å². The van der Waals surface area contributed by atoms with E-state index in [0.717, 1.165) is 47.6 Å². The Balaban J connectivity index is 1.81. The van der Waals surface area contributed by atoms with Crippen molar-refractivity contribution in [3.63, 3.8) is 0 Å². The molecule has 0 atom stereocenters. The molecule has 0 radical (unpaired) electrons. The van der Waals surface area contributed by atoms with Crippen molar-refractivity contribution in [2.75, 3.05) is 6.61 Å². The third kappa shape index (κ3) is 4.53. The predicted molar refractivity (Wildman–Crippen MR) is 96.8 cm³/mol. The molecule has 0 unspecified atom stereocenters. The van der Waals surface area contributed by atoms with Gasteiger partial charge in [-0.2, -0.15) is 0 Å². The lowest BCUT2D eigenvalue weighted by Gasteiger charge is -2.02. The summed E-state index contributed by atoms with van der Waals surface area (Å²) in [5.74, 6) is 0.306. The summed E-state index contributed by atoms with van der Waals surface area (Å²) in [4.78, 5) is 22.9. The van der Waals surface area contributed by atoms with Crippen molar-refractivity contribution in [1.82, 2.24) is 15.0 Å². The number of ether oxygens (including phenoxy) is 1. The number of nitrogens with one attached hydrogen (secondary N) is 1. The van der Waals surface area contributed by atoms with E-state index in [4.69, 9.17) is 9.72 Å². The van der Waals surface area contributed by atoms with E-state index in [2.05, 4.69) is 9.97 Å². The lowest BCUT2D eigenvalue weighted by molar-refractivity contribution is -0.141. The van der Waals surface area contributed by atoms with E-state index in [-0.39, 0.29) is 11.8 Å². The number of aromatic amines is 1. The molecule has 0 fully saturated rings. The van der Waals surface area contributed by atoms with Crippen LogP contribution in [0.5, 0.6) is 0 Å². The largest absolute Gasteiger partial charge is 0.466 e. The number of hydrogen-bond donors (Lipinski definition) is 1. The minimum Gasteiger partial charge on any atom is -0.466 e. The topological polar surface area (TPSA) is 67.9 Å². The van der Waals surface area contributed by atoms with Crippen LogP contribution in [0.1, 0.15) is 25.6 Å². The summed E-state index contributed by atoms with van der Waals surface area (Å²) < 4.78 is 18.2. The second kappa shape index (κ2) is 8.38. The Morgan fingerprint density at radius 1 is 1.08 bits per heavy atom. The Kier molecular flexibility index (Phi) is 5.73. The van der Waals surface area contributed by atoms with Crippen molar-refractivity contribution in [3.05, 3.63) is 60.4 Å². The number of imidazole rings is 1. The van der Waals surface area contributed by atoms with Crippen LogP contribution in [0.2, 0.25) is 0 Å². The minimum absolute atomic E-state index is 0.262. The number of benzene rings is 1. The van der Waals surface area contributed by atoms with Gasteiger partial charge in [0.05, 0.1) is 18.0 Å². The molecule has 26 heavy (non-hydrogen) atoms. The Hall–Kier alpha value is -3.02. The van der Waals surface area contributed by atoms with Gasteiger partial charge in [-0.25, -0.2) is 9.37 Å². The number of aromatic nitrogens is 3. The first-order chi connectivity index (χ1) is 12.6. The molecular weight excluding hydrogens is 333 g/mol. The molecule has 6 heteroatoms. The fraction of sp³-hybridized carbons (Fsp3) is 0.250. The molecule has 0 bridgehead atoms. The highest BCUT2D eigenvalue weighted by atomic mass is 19.1. The summed E-state index contributed by atoms with van der Waals surface area (Å²) in [7, 11) is 0. The number of nitrogens with zero attached hydrogens (tertiary/aromatic N) is 2. The highest BCUT2D eigenvalue weighted by molar-refractivity contribution is 5.78. The Morgan fingerprint density at radius 3 is 2.50 bits per heavy atom. The number of H-pyrrole nitrogens is 1. The number of esters is 1. The van der Waals surface area contributed by atoms with Crippen molar-refractivity contribution >= 4 is 5.97 Å². The fourth-order valence-electron chi connectivity index (χ4n) is 2.70. The van der Waals surface area contributed by atoms with Gasteiger partial charge in [0, 0.05) is 36.9 Å². The first kappa shape index (κ1) is 17.8. The summed E-state index contributed by atoms with van der Waals surface area (Å²) in [6, 6.07) is 10.1. The summed E-state index contributed by atoms with van der Waals surface area (Å²) in [5, 5.41) is 0. The van der Waals surface area contributed by atoms with Crippen molar-refractivity contribution in [3.8, 4) is 22.5 Å². The molecule has 0 saturated carbocycles. The molecule has 134 valence electrons. The van der Waals surface area contributed by atoms with Crippen molar-refractivity contribution in [2.24, 2.45) is 0 Å². The number of pyridine rings is 1. The van der Waals surface area contributed by atoms with Gasteiger partial charge in [0.15, 0.2) is 0 Å². The SMILES string of the molecule is CC(=O)OCCCCc1nc(-c2ccc(F)cc2)c(-c2ccncc2)[nH]1. The maximum absolute atomic E-state index is 13.3. The monoisotopic (exact) mass is 353 g/mol. The number of aryl methyl sites for hydroxylation is 1. The average molecular weight is 353 g/mol. The van der Waals surface area contributed by atoms with Crippen molar-refractivity contribution in [1.29, 1.82) is 0 Å². The van der Waals surface area contributed by atoms with Gasteiger partial charge in [0.25, 0.3) is 0 Å². The van der Waals surface area contributed by atoms with Crippen molar-refractivity contribution in [2.45, 2.75) is 26.2 Å². The Labute approximate surface area is 151 Å². The van der Waals surface area contributed by atoms with E-state index in [0.29, 0.717) is 6.61 Å². The maximum Gasteiger partial charge on any atom is 0.302 e. The molecule has 3 rings (SSSR count). The van der Waals surface area contributed by atoms with Gasteiger partial charge in [-0.15, -0.1) is 0 Å². The van der Waals surface area contributed by atoms with Gasteiger partial charge in [-0.05, 0) is 49.2 Å². The molecule has 0 saturated heterocycles. The lowest BCUT2D eigenvalue weighted by atomic mass is 10.1. The number of unbranched alkanes of at least 4 members (excludes halogenated alkanes) is 1. The summed E-state index contributed by atoms with van der Waals surface area (Å²) in [6.07, 6.45) is 5.81. The minimum atomic E-state index is -0.277. The fourth-order valence-corrected chi connectivity index (χ4v) is 2.70. The predicted octanol–water partition coefficient (Wildman–Crippen LogP) is 4.16. The van der Waals surface area contributed by atoms with E-state index >= 15 is 0 Å². The van der Waals surface area contributed by atoms with Crippen LogP contribution in [0.25, 0.3) is 22.5 Å².